The lowest BCUT2D eigenvalue weighted by molar-refractivity contribution is -0.929. The van der Waals surface area contributed by atoms with E-state index in [0.717, 1.165) is 0 Å². The minimum Gasteiger partial charge on any atom is -1.00 e. The molecule has 0 fully saturated rings. The van der Waals surface area contributed by atoms with Gasteiger partial charge < -0.3 is 59.0 Å². The highest BCUT2D eigenvalue weighted by Gasteiger charge is 2.26. The zero-order valence-corrected chi connectivity index (χ0v) is 43.6. The molecule has 0 amide bonds. The Labute approximate surface area is 400 Å². The molecule has 0 saturated carbocycles. The number of hydrogen-bond donors (Lipinski definition) is 2. The first kappa shape index (κ1) is 63.5. The zero-order chi connectivity index (χ0) is 43.8. The van der Waals surface area contributed by atoms with Crippen molar-refractivity contribution in [1.82, 2.24) is 10.2 Å². The number of non-ortho nitro benzene ring substituents is 2. The molecule has 0 aliphatic carbocycles. The number of unbranched alkanes of at least 4 members (excludes halogenated alkanes) is 8. The molecular weight excluding hydrogens is 936 g/mol. The van der Waals surface area contributed by atoms with E-state index in [4.69, 9.17) is 0 Å². The van der Waals surface area contributed by atoms with Crippen LogP contribution in [0.2, 0.25) is 0 Å². The fraction of sp³-hybridized carbons (Fsp3) is 0.696. The molecule has 1 aromatic heterocycles. The van der Waals surface area contributed by atoms with Gasteiger partial charge in [-0.25, -0.2) is 0 Å². The van der Waals surface area contributed by atoms with Crippen LogP contribution in [-0.4, -0.2) is 86.8 Å². The topological polar surface area (TPSA) is 168 Å². The molecular formula is C46H84Br2N8O5S. The Kier molecular flexibility index (Phi) is 39.6. The Morgan fingerprint density at radius 2 is 0.661 bits per heavy atom. The molecule has 16 heteroatoms. The van der Waals surface area contributed by atoms with E-state index in [1.165, 1.54) is 200 Å². The van der Waals surface area contributed by atoms with Crippen molar-refractivity contribution >= 4 is 44.3 Å². The second-order valence-corrected chi connectivity index (χ2v) is 17.0. The highest BCUT2D eigenvalue weighted by atomic mass is 79.9. The van der Waals surface area contributed by atoms with Crippen molar-refractivity contribution in [3.63, 3.8) is 0 Å². The van der Waals surface area contributed by atoms with Gasteiger partial charge in [-0.2, -0.15) is 0 Å². The van der Waals surface area contributed by atoms with Crippen LogP contribution >= 0.6 is 11.3 Å². The summed E-state index contributed by atoms with van der Waals surface area (Å²) >= 11 is 1.23. The Balaban J connectivity index is -0.000000850. The van der Waals surface area contributed by atoms with Crippen molar-refractivity contribution in [2.75, 3.05) is 63.0 Å². The Morgan fingerprint density at radius 1 is 0.452 bits per heavy atom. The van der Waals surface area contributed by atoms with E-state index in [-0.39, 0.29) is 50.8 Å². The van der Waals surface area contributed by atoms with Gasteiger partial charge in [0.15, 0.2) is 0 Å². The molecule has 0 radical (unpaired) electrons. The first-order valence-electron chi connectivity index (χ1n) is 23.1. The van der Waals surface area contributed by atoms with Gasteiger partial charge in [-0.3, -0.25) is 20.2 Å². The summed E-state index contributed by atoms with van der Waals surface area (Å²) < 4.78 is 2.84. The largest absolute Gasteiger partial charge is 1.00 e. The Hall–Kier alpha value is -2.76. The maximum atomic E-state index is 10.6. The summed E-state index contributed by atoms with van der Waals surface area (Å²) in [4.78, 5) is 20.3. The van der Waals surface area contributed by atoms with E-state index in [0.29, 0.717) is 21.6 Å². The van der Waals surface area contributed by atoms with Gasteiger partial charge in [0.2, 0.25) is 10.3 Å². The average molecular weight is 1020 g/mol. The van der Waals surface area contributed by atoms with Crippen LogP contribution in [0.1, 0.15) is 158 Å². The van der Waals surface area contributed by atoms with Crippen LogP contribution < -0.4 is 44.6 Å². The maximum absolute atomic E-state index is 10.6. The second kappa shape index (κ2) is 38.7. The van der Waals surface area contributed by atoms with E-state index in [1.807, 2.05) is 0 Å². The number of halogens is 2. The maximum Gasteiger partial charge on any atom is 0.269 e. The molecule has 358 valence electrons. The van der Waals surface area contributed by atoms with Crippen LogP contribution in [-0.2, 0) is 0 Å². The number of nitro groups is 2. The molecule has 3 aromatic rings. The summed E-state index contributed by atoms with van der Waals surface area (Å²) in [6, 6.07) is 11.8. The van der Waals surface area contributed by atoms with Crippen LogP contribution in [0, 0.1) is 20.2 Å². The van der Waals surface area contributed by atoms with Crippen molar-refractivity contribution in [2.24, 2.45) is 0 Å². The third-order valence-electron chi connectivity index (χ3n) is 11.0. The summed E-state index contributed by atoms with van der Waals surface area (Å²) in [6.45, 7) is 30.0. The van der Waals surface area contributed by atoms with Gasteiger partial charge in [0.1, 0.15) is 0 Å². The third-order valence-corrected chi connectivity index (χ3v) is 11.7. The fourth-order valence-electron chi connectivity index (χ4n) is 7.19. The van der Waals surface area contributed by atoms with Crippen LogP contribution in [0.15, 0.2) is 48.5 Å². The highest BCUT2D eigenvalue weighted by Crippen LogP contribution is 2.28. The predicted octanol–water partition coefficient (Wildman–Crippen LogP) is 7.03. The van der Waals surface area contributed by atoms with E-state index in [9.17, 15) is 20.2 Å². The first-order valence-corrected chi connectivity index (χ1v) is 23.9. The number of rotatable bonds is 30. The summed E-state index contributed by atoms with van der Waals surface area (Å²) in [5, 5.41) is 36.2. The molecule has 0 atom stereocenters. The lowest BCUT2D eigenvalue weighted by Gasteiger charge is -2.39. The number of aromatic nitrogens is 2. The molecule has 1 heterocycles. The van der Waals surface area contributed by atoms with Crippen molar-refractivity contribution in [3.05, 3.63) is 68.8 Å². The minimum absolute atomic E-state index is 0. The monoisotopic (exact) mass is 1020 g/mol. The molecule has 3 rings (SSSR count). The van der Waals surface area contributed by atoms with Gasteiger partial charge in [0.05, 0.1) is 62.2 Å². The van der Waals surface area contributed by atoms with Crippen molar-refractivity contribution in [2.45, 2.75) is 158 Å². The molecule has 62 heavy (non-hydrogen) atoms. The van der Waals surface area contributed by atoms with Gasteiger partial charge >= 0.3 is 0 Å². The molecule has 2 aromatic carbocycles. The van der Waals surface area contributed by atoms with Crippen molar-refractivity contribution in [1.29, 1.82) is 0 Å². The number of benzene rings is 2. The van der Waals surface area contributed by atoms with Gasteiger partial charge in [-0.15, -0.1) is 10.2 Å². The third kappa shape index (κ3) is 26.8. The van der Waals surface area contributed by atoms with Gasteiger partial charge in [-0.05, 0) is 75.6 Å². The summed E-state index contributed by atoms with van der Waals surface area (Å²) in [5.74, 6) is 0. The van der Waals surface area contributed by atoms with Crippen molar-refractivity contribution in [3.8, 4) is 0 Å². The van der Waals surface area contributed by atoms with Crippen LogP contribution in [0.5, 0.6) is 0 Å². The van der Waals surface area contributed by atoms with E-state index >= 15 is 0 Å². The SMILES string of the molecule is CCCC[N+](CCCC)(CCCC)CCCC.CCCC[N+](CCCC)(CCCC)CCCC.O.O=[N+]([O-])c1ccc(Nc2nnc(Nc3ccc([N+](=O)[O-])cc3)s2)cc1.[Br-].[Br-]. The van der Waals surface area contributed by atoms with Crippen LogP contribution in [0.4, 0.5) is 33.0 Å². The van der Waals surface area contributed by atoms with Crippen LogP contribution in [0.3, 0.4) is 0 Å². The Morgan fingerprint density at radius 3 is 0.839 bits per heavy atom. The molecule has 0 spiro atoms. The molecule has 0 aliphatic heterocycles. The van der Waals surface area contributed by atoms with Gasteiger partial charge in [0, 0.05) is 35.6 Å². The standard InChI is InChI=1S/2C16H36N.C14H10N6O4S.2BrH.H2O/c2*1-5-9-13-17(14-10-6-2,15-11-7-3)16-12-8-4;21-19(22)11-5-1-9(2-6-11)15-13-17-18-14(25-13)16-10-3-7-12(8-4-10)20(23)24;;;/h2*5-16H2,1-4H3;1-8H,(H,15,17)(H,16,18);2*1H;1H2/q2*+1;;;;/p-2. The smallest absolute Gasteiger partial charge is 0.269 e. The van der Waals surface area contributed by atoms with E-state index in [1.54, 1.807) is 24.3 Å². The number of hydrogen-bond acceptors (Lipinski definition) is 9. The average Bonchev–Trinajstić information content (AvgIpc) is 3.69. The molecule has 0 aliphatic rings. The summed E-state index contributed by atoms with van der Waals surface area (Å²) in [5.41, 5.74) is 1.29. The fourth-order valence-corrected chi connectivity index (χ4v) is 7.88. The molecule has 0 unspecified atom stereocenters. The Bertz CT molecular complexity index is 1330. The van der Waals surface area contributed by atoms with Gasteiger partial charge in [0.25, 0.3) is 11.4 Å². The van der Waals surface area contributed by atoms with E-state index in [2.05, 4.69) is 76.2 Å². The minimum atomic E-state index is -0.471. The van der Waals surface area contributed by atoms with Crippen molar-refractivity contribution < 1.29 is 58.3 Å². The first-order chi connectivity index (χ1) is 28.5. The molecule has 4 N–H and O–H groups in total. The lowest BCUT2D eigenvalue weighted by atomic mass is 10.1. The predicted molar refractivity (Wildman–Crippen MR) is 255 cm³/mol. The van der Waals surface area contributed by atoms with Crippen LogP contribution in [0.25, 0.3) is 0 Å². The molecule has 0 saturated heterocycles. The quantitative estimate of drug-likeness (QED) is 0.0408. The summed E-state index contributed by atoms with van der Waals surface area (Å²) in [6.07, 6.45) is 22.1. The number of quaternary nitrogens is 2. The number of nitrogens with one attached hydrogen (secondary N) is 2. The summed E-state index contributed by atoms with van der Waals surface area (Å²) in [7, 11) is 0. The second-order valence-electron chi connectivity index (χ2n) is 16.1. The number of anilines is 4. The van der Waals surface area contributed by atoms with E-state index < -0.39 is 9.85 Å². The number of nitro benzene ring substituents is 2. The number of nitrogens with zero attached hydrogens (tertiary/aromatic N) is 6. The lowest BCUT2D eigenvalue weighted by Crippen LogP contribution is -3.00. The molecule has 0 bridgehead atoms. The highest BCUT2D eigenvalue weighted by molar-refractivity contribution is 7.19. The van der Waals surface area contributed by atoms with Gasteiger partial charge in [-0.1, -0.05) is 118 Å². The zero-order valence-electron chi connectivity index (χ0n) is 39.6. The normalized spacial score (nSPS) is 10.7. The molecule has 13 nitrogen and oxygen atoms in total.